The molecule has 4 amide bonds. The third kappa shape index (κ3) is 4.18. The van der Waals surface area contributed by atoms with E-state index in [2.05, 4.69) is 19.4 Å². The first-order valence-electron chi connectivity index (χ1n) is 15.0. The van der Waals surface area contributed by atoms with Crippen LogP contribution in [0.2, 0.25) is 0 Å². The minimum absolute atomic E-state index is 0.00725. The van der Waals surface area contributed by atoms with E-state index in [1.807, 2.05) is 0 Å². The Morgan fingerprint density at radius 3 is 1.10 bits per heavy atom. The Balaban J connectivity index is 1.03. The molecule has 244 valence electrons. The number of nitrogens with zero attached hydrogens (tertiary/aromatic N) is 4. The van der Waals surface area contributed by atoms with Crippen LogP contribution in [0.25, 0.3) is 22.3 Å². The van der Waals surface area contributed by atoms with Gasteiger partial charge in [-0.3, -0.25) is 19.2 Å². The van der Waals surface area contributed by atoms with E-state index in [9.17, 15) is 38.4 Å². The van der Waals surface area contributed by atoms with Crippen molar-refractivity contribution in [3.05, 3.63) is 123 Å². The zero-order valence-corrected chi connectivity index (χ0v) is 25.5. The molecule has 0 fully saturated rings. The van der Waals surface area contributed by atoms with Gasteiger partial charge >= 0.3 is 23.9 Å². The second-order valence-corrected chi connectivity index (χ2v) is 11.7. The highest BCUT2D eigenvalue weighted by Crippen LogP contribution is 2.37. The van der Waals surface area contributed by atoms with Crippen LogP contribution in [0.3, 0.4) is 0 Å². The van der Waals surface area contributed by atoms with Crippen molar-refractivity contribution in [2.24, 2.45) is 0 Å². The summed E-state index contributed by atoms with van der Waals surface area (Å²) in [5.41, 5.74) is 8.34. The third-order valence-electron chi connectivity index (χ3n) is 8.90. The van der Waals surface area contributed by atoms with Crippen molar-refractivity contribution < 1.29 is 47.8 Å². The van der Waals surface area contributed by atoms with Crippen molar-refractivity contribution in [2.45, 2.75) is 0 Å². The van der Waals surface area contributed by atoms with Gasteiger partial charge in [-0.15, -0.1) is 0 Å². The number of aromatic nitrogens is 2. The predicted octanol–water partition coefficient (Wildman–Crippen LogP) is 3.62. The number of ether oxygens (including phenoxy) is 2. The summed E-state index contributed by atoms with van der Waals surface area (Å²) >= 11 is 0. The van der Waals surface area contributed by atoms with Crippen LogP contribution in [0, 0.1) is 0 Å². The number of anilines is 3. The van der Waals surface area contributed by atoms with Gasteiger partial charge in [0.2, 0.25) is 5.95 Å². The van der Waals surface area contributed by atoms with Crippen molar-refractivity contribution in [1.29, 1.82) is 0 Å². The first-order valence-corrected chi connectivity index (χ1v) is 15.0. The molecule has 0 radical (unpaired) electrons. The lowest BCUT2D eigenvalue weighted by molar-refractivity contribution is 0.0425. The van der Waals surface area contributed by atoms with E-state index in [-0.39, 0.29) is 56.1 Å². The number of benzene rings is 4. The Morgan fingerprint density at radius 2 is 0.706 bits per heavy atom. The Hall–Kier alpha value is -7.68. The van der Waals surface area contributed by atoms with Gasteiger partial charge in [0, 0.05) is 6.07 Å². The number of carbonyl (C=O) groups excluding carboxylic acids is 8. The van der Waals surface area contributed by atoms with Gasteiger partial charge in [0.15, 0.2) is 11.6 Å². The fraction of sp³-hybridized carbons (Fsp3) is 0. The molecular weight excluding hydrogens is 662 g/mol. The number of esters is 4. The molecule has 4 aliphatic rings. The number of hydrogen-bond donors (Lipinski definition) is 1. The van der Waals surface area contributed by atoms with Crippen LogP contribution >= 0.6 is 0 Å². The number of cyclic esters (lactones) is 4. The molecule has 0 bridgehead atoms. The van der Waals surface area contributed by atoms with Crippen molar-refractivity contribution in [3.63, 3.8) is 0 Å². The van der Waals surface area contributed by atoms with E-state index in [1.54, 1.807) is 24.3 Å². The fourth-order valence-electron chi connectivity index (χ4n) is 6.46. The van der Waals surface area contributed by atoms with Gasteiger partial charge in [-0.25, -0.2) is 29.0 Å². The van der Waals surface area contributed by atoms with E-state index >= 15 is 0 Å². The summed E-state index contributed by atoms with van der Waals surface area (Å²) in [4.78, 5) is 112. The van der Waals surface area contributed by atoms with E-state index in [0.717, 1.165) is 15.9 Å². The molecule has 1 aromatic heterocycles. The monoisotopic (exact) mass is 677 g/mol. The van der Waals surface area contributed by atoms with Gasteiger partial charge in [-0.05, 0) is 70.8 Å². The van der Waals surface area contributed by atoms with Gasteiger partial charge in [-0.2, -0.15) is 9.97 Å². The summed E-state index contributed by atoms with van der Waals surface area (Å²) in [5, 5.41) is 0. The quantitative estimate of drug-likeness (QED) is 0.164. The SMILES string of the molecule is Nc1nc(N2C(=O)c3ccc(-c4ccc5c(c4)C(=O)OC5=O)cc3C2=O)cc(N2C(=O)c3ccc(-c4ccc5c(c4)C(=O)OC5=O)cc3C2=O)n1. The van der Waals surface area contributed by atoms with Crippen LogP contribution in [0.1, 0.15) is 82.9 Å². The maximum atomic E-state index is 13.7. The van der Waals surface area contributed by atoms with Gasteiger partial charge in [0.1, 0.15) is 0 Å². The summed E-state index contributed by atoms with van der Waals surface area (Å²) < 4.78 is 9.29. The molecule has 4 aromatic carbocycles. The molecule has 0 unspecified atom stereocenters. The van der Waals surface area contributed by atoms with Crippen molar-refractivity contribution in [2.75, 3.05) is 15.5 Å². The molecule has 0 spiro atoms. The highest BCUT2D eigenvalue weighted by Gasteiger charge is 2.42. The molecule has 4 aliphatic heterocycles. The number of nitrogens with two attached hydrogens (primary N) is 1. The normalized spacial score (nSPS) is 15.7. The van der Waals surface area contributed by atoms with E-state index in [4.69, 9.17) is 5.73 Å². The van der Waals surface area contributed by atoms with E-state index in [1.165, 1.54) is 48.5 Å². The first-order chi connectivity index (χ1) is 24.5. The predicted molar refractivity (Wildman–Crippen MR) is 172 cm³/mol. The molecule has 0 saturated carbocycles. The molecule has 51 heavy (non-hydrogen) atoms. The number of hydrogen-bond acceptors (Lipinski definition) is 13. The molecule has 15 heteroatoms. The second kappa shape index (κ2) is 10.2. The van der Waals surface area contributed by atoms with E-state index < -0.39 is 53.5 Å². The maximum absolute atomic E-state index is 13.7. The molecule has 15 nitrogen and oxygen atoms in total. The summed E-state index contributed by atoms with van der Waals surface area (Å²) in [5.74, 6) is -7.17. The molecule has 2 N–H and O–H groups in total. The van der Waals surface area contributed by atoms with Crippen LogP contribution in [0.4, 0.5) is 17.6 Å². The Morgan fingerprint density at radius 1 is 0.392 bits per heavy atom. The standard InChI is InChI=1S/C36H15N5O10/c37-36-38-26(40-28(42)18-5-1-14(9-22(18)30(40)44)16-3-7-20-24(11-16)34(48)50-32(20)46)13-27(39-36)41-29(43)19-6-2-15(10-23(19)31(41)45)17-4-8-21-25(12-17)35(49)51-33(21)47/h1-13H,(H2,37,38,39). The van der Waals surface area contributed by atoms with Crippen molar-refractivity contribution >= 4 is 65.1 Å². The van der Waals surface area contributed by atoms with Crippen LogP contribution in [-0.2, 0) is 9.47 Å². The largest absolute Gasteiger partial charge is 0.386 e. The zero-order valence-electron chi connectivity index (χ0n) is 25.5. The second-order valence-electron chi connectivity index (χ2n) is 11.7. The molecule has 0 atom stereocenters. The van der Waals surface area contributed by atoms with Crippen LogP contribution in [-0.4, -0.2) is 57.5 Å². The van der Waals surface area contributed by atoms with Crippen LogP contribution in [0.5, 0.6) is 0 Å². The summed E-state index contributed by atoms with van der Waals surface area (Å²) in [6, 6.07) is 18.9. The number of rotatable bonds is 4. The lowest BCUT2D eigenvalue weighted by Gasteiger charge is -2.17. The van der Waals surface area contributed by atoms with Gasteiger partial charge < -0.3 is 15.2 Å². The first kappa shape index (κ1) is 29.5. The van der Waals surface area contributed by atoms with Crippen molar-refractivity contribution in [3.8, 4) is 22.3 Å². The number of imide groups is 2. The maximum Gasteiger partial charge on any atom is 0.346 e. The molecule has 0 saturated heterocycles. The highest BCUT2D eigenvalue weighted by atomic mass is 16.6. The highest BCUT2D eigenvalue weighted by molar-refractivity contribution is 6.36. The van der Waals surface area contributed by atoms with Crippen LogP contribution < -0.4 is 15.5 Å². The lowest BCUT2D eigenvalue weighted by Crippen LogP contribution is -2.33. The molecular formula is C36H15N5O10. The summed E-state index contributed by atoms with van der Waals surface area (Å²) in [6.45, 7) is 0. The summed E-state index contributed by atoms with van der Waals surface area (Å²) in [7, 11) is 0. The number of amides is 4. The number of fused-ring (bicyclic) bond motifs is 4. The van der Waals surface area contributed by atoms with E-state index in [0.29, 0.717) is 22.3 Å². The molecule has 5 aromatic rings. The molecule has 0 aliphatic carbocycles. The average molecular weight is 678 g/mol. The minimum atomic E-state index is -0.794. The Labute approximate surface area is 283 Å². The minimum Gasteiger partial charge on any atom is -0.386 e. The Bertz CT molecular complexity index is 2450. The van der Waals surface area contributed by atoms with Crippen molar-refractivity contribution in [1.82, 2.24) is 9.97 Å². The summed E-state index contributed by atoms with van der Waals surface area (Å²) in [6.07, 6.45) is 0. The average Bonchev–Trinajstić information content (AvgIpc) is 3.76. The third-order valence-corrected chi connectivity index (χ3v) is 8.90. The van der Waals surface area contributed by atoms with Gasteiger partial charge in [-0.1, -0.05) is 24.3 Å². The molecule has 9 rings (SSSR count). The lowest BCUT2D eigenvalue weighted by atomic mass is 9.97. The number of carbonyl (C=O) groups is 8. The fourth-order valence-corrected chi connectivity index (χ4v) is 6.46. The van der Waals surface area contributed by atoms with Gasteiger partial charge in [0.25, 0.3) is 23.6 Å². The smallest absolute Gasteiger partial charge is 0.346 e. The van der Waals surface area contributed by atoms with Crippen LogP contribution in [0.15, 0.2) is 78.9 Å². The molecule has 5 heterocycles. The number of nitrogen functional groups attached to an aromatic ring is 1. The Kier molecular flexibility index (Phi) is 5.87. The van der Waals surface area contributed by atoms with Gasteiger partial charge in [0.05, 0.1) is 44.5 Å². The topological polar surface area (TPSA) is 213 Å². The zero-order chi connectivity index (χ0) is 35.5.